The lowest BCUT2D eigenvalue weighted by Gasteiger charge is -2.12. The predicted octanol–water partition coefficient (Wildman–Crippen LogP) is 5.94. The summed E-state index contributed by atoms with van der Waals surface area (Å²) in [4.78, 5) is 12.6. The molecule has 0 saturated carbocycles. The summed E-state index contributed by atoms with van der Waals surface area (Å²) >= 11 is 3.36. The second-order valence-electron chi connectivity index (χ2n) is 6.18. The zero-order valence-corrected chi connectivity index (χ0v) is 17.0. The van der Waals surface area contributed by atoms with Gasteiger partial charge in [-0.15, -0.1) is 0 Å². The van der Waals surface area contributed by atoms with Crippen LogP contribution in [0.1, 0.15) is 18.9 Å². The number of hydrogen-bond acceptors (Lipinski definition) is 3. The Hall–Kier alpha value is -3.10. The molecular weight excluding hydrogens is 416 g/mol. The van der Waals surface area contributed by atoms with Crippen molar-refractivity contribution in [2.75, 3.05) is 11.9 Å². The first-order chi connectivity index (χ1) is 13.6. The molecule has 3 aromatic rings. The lowest BCUT2D eigenvalue weighted by Crippen LogP contribution is -2.13. The van der Waals surface area contributed by atoms with Crippen LogP contribution in [0.25, 0.3) is 16.8 Å². The van der Waals surface area contributed by atoms with Gasteiger partial charge < -0.3 is 10.1 Å². The number of amides is 1. The highest BCUT2D eigenvalue weighted by Crippen LogP contribution is 2.30. The summed E-state index contributed by atoms with van der Waals surface area (Å²) in [6.07, 6.45) is 2.46. The lowest BCUT2D eigenvalue weighted by atomic mass is 10.0. The maximum absolute atomic E-state index is 12.6. The number of hydrogen-bond donors (Lipinski definition) is 1. The number of nitriles is 1. The van der Waals surface area contributed by atoms with Gasteiger partial charge in [-0.25, -0.2) is 0 Å². The molecule has 0 aromatic heterocycles. The zero-order chi connectivity index (χ0) is 19.9. The number of anilines is 1. The molecule has 0 heterocycles. The van der Waals surface area contributed by atoms with E-state index in [0.717, 1.165) is 27.2 Å². The molecule has 0 fully saturated rings. The molecule has 0 atom stereocenters. The van der Waals surface area contributed by atoms with E-state index >= 15 is 0 Å². The molecule has 1 amide bonds. The lowest BCUT2D eigenvalue weighted by molar-refractivity contribution is -0.112. The third-order valence-corrected chi connectivity index (χ3v) is 4.68. The number of carbonyl (C=O) groups excluding carboxylic acids is 1. The number of nitrogens with one attached hydrogen (secondary N) is 1. The average Bonchev–Trinajstić information content (AvgIpc) is 2.72. The second kappa shape index (κ2) is 9.20. The van der Waals surface area contributed by atoms with Crippen LogP contribution in [0.5, 0.6) is 5.75 Å². The van der Waals surface area contributed by atoms with Crippen LogP contribution in [0.3, 0.4) is 0 Å². The van der Waals surface area contributed by atoms with Crippen LogP contribution in [0, 0.1) is 11.3 Å². The molecule has 0 radical (unpaired) electrons. The van der Waals surface area contributed by atoms with Crippen LogP contribution >= 0.6 is 15.9 Å². The first kappa shape index (κ1) is 19.7. The zero-order valence-electron chi connectivity index (χ0n) is 15.4. The highest BCUT2D eigenvalue weighted by molar-refractivity contribution is 9.10. The van der Waals surface area contributed by atoms with Gasteiger partial charge in [0.05, 0.1) is 6.61 Å². The van der Waals surface area contributed by atoms with Gasteiger partial charge in [-0.1, -0.05) is 53.2 Å². The van der Waals surface area contributed by atoms with E-state index in [2.05, 4.69) is 21.2 Å². The molecule has 3 aromatic carbocycles. The molecule has 0 aliphatic carbocycles. The molecule has 0 aliphatic rings. The van der Waals surface area contributed by atoms with Gasteiger partial charge in [0.15, 0.2) is 0 Å². The fourth-order valence-corrected chi connectivity index (χ4v) is 3.05. The smallest absolute Gasteiger partial charge is 0.266 e. The van der Waals surface area contributed by atoms with Gasteiger partial charge in [-0.3, -0.25) is 4.79 Å². The molecule has 0 unspecified atom stereocenters. The summed E-state index contributed by atoms with van der Waals surface area (Å²) in [6, 6.07) is 20.9. The van der Waals surface area contributed by atoms with Crippen molar-refractivity contribution < 1.29 is 9.53 Å². The van der Waals surface area contributed by atoms with E-state index in [9.17, 15) is 10.1 Å². The van der Waals surface area contributed by atoms with Crippen LogP contribution in [0.2, 0.25) is 0 Å². The summed E-state index contributed by atoms with van der Waals surface area (Å²) in [5.74, 6) is 0.198. The Bertz CT molecular complexity index is 1070. The largest absolute Gasteiger partial charge is 0.493 e. The molecule has 0 saturated heterocycles. The summed E-state index contributed by atoms with van der Waals surface area (Å²) < 4.78 is 6.77. The molecule has 28 heavy (non-hydrogen) atoms. The molecule has 4 nitrogen and oxygen atoms in total. The Labute approximate surface area is 172 Å². The van der Waals surface area contributed by atoms with Crippen molar-refractivity contribution in [2.45, 2.75) is 13.3 Å². The quantitative estimate of drug-likeness (QED) is 0.385. The van der Waals surface area contributed by atoms with Crippen molar-refractivity contribution in [1.82, 2.24) is 0 Å². The third-order valence-electron chi connectivity index (χ3n) is 4.15. The van der Waals surface area contributed by atoms with Gasteiger partial charge in [-0.05, 0) is 53.6 Å². The monoisotopic (exact) mass is 434 g/mol. The highest BCUT2D eigenvalue weighted by Gasteiger charge is 2.13. The summed E-state index contributed by atoms with van der Waals surface area (Å²) in [7, 11) is 0. The van der Waals surface area contributed by atoms with Crippen molar-refractivity contribution in [1.29, 1.82) is 5.26 Å². The number of benzene rings is 3. The van der Waals surface area contributed by atoms with E-state index in [4.69, 9.17) is 4.74 Å². The minimum Gasteiger partial charge on any atom is -0.493 e. The first-order valence-corrected chi connectivity index (χ1v) is 9.75. The number of fused-ring (bicyclic) bond motifs is 1. The number of halogens is 1. The second-order valence-corrected chi connectivity index (χ2v) is 7.09. The Morgan fingerprint density at radius 2 is 1.89 bits per heavy atom. The minimum atomic E-state index is -0.459. The van der Waals surface area contributed by atoms with Gasteiger partial charge >= 0.3 is 0 Å². The Balaban J connectivity index is 2.00. The van der Waals surface area contributed by atoms with Crippen LogP contribution in [-0.2, 0) is 4.79 Å². The third kappa shape index (κ3) is 4.59. The Morgan fingerprint density at radius 1 is 1.14 bits per heavy atom. The van der Waals surface area contributed by atoms with Gasteiger partial charge in [0.1, 0.15) is 17.4 Å². The van der Waals surface area contributed by atoms with Gasteiger partial charge in [0.25, 0.3) is 5.91 Å². The summed E-state index contributed by atoms with van der Waals surface area (Å²) in [6.45, 7) is 2.59. The maximum Gasteiger partial charge on any atom is 0.266 e. The van der Waals surface area contributed by atoms with Crippen LogP contribution in [0.4, 0.5) is 5.69 Å². The molecular formula is C23H19BrN2O2. The minimum absolute atomic E-state index is 0.0145. The van der Waals surface area contributed by atoms with Crippen molar-refractivity contribution in [2.24, 2.45) is 0 Å². The molecule has 5 heteroatoms. The SMILES string of the molecule is CCCOc1ccc2ccccc2c1/C=C(\C#N)C(=O)Nc1ccc(Br)cc1. The van der Waals surface area contributed by atoms with Crippen LogP contribution < -0.4 is 10.1 Å². The molecule has 0 spiro atoms. The topological polar surface area (TPSA) is 62.1 Å². The number of nitrogens with zero attached hydrogens (tertiary/aromatic N) is 1. The van der Waals surface area contributed by atoms with E-state index < -0.39 is 5.91 Å². The molecule has 0 aliphatic heterocycles. The fraction of sp³-hybridized carbons (Fsp3) is 0.130. The molecule has 0 bridgehead atoms. The highest BCUT2D eigenvalue weighted by atomic mass is 79.9. The molecule has 3 rings (SSSR count). The van der Waals surface area contributed by atoms with Gasteiger partial charge in [0, 0.05) is 15.7 Å². The standard InChI is InChI=1S/C23H19BrN2O2/c1-2-13-28-22-12-7-16-5-3-4-6-20(16)21(22)14-17(15-25)23(27)26-19-10-8-18(24)9-11-19/h3-12,14H,2,13H2,1H3,(H,26,27)/b17-14+. The van der Waals surface area contributed by atoms with Crippen molar-refractivity contribution in [3.63, 3.8) is 0 Å². The van der Waals surface area contributed by atoms with Crippen molar-refractivity contribution in [3.05, 3.63) is 76.3 Å². The van der Waals surface area contributed by atoms with Crippen LogP contribution in [-0.4, -0.2) is 12.5 Å². The van der Waals surface area contributed by atoms with E-state index in [0.29, 0.717) is 18.0 Å². The summed E-state index contributed by atoms with van der Waals surface area (Å²) in [5, 5.41) is 14.3. The van der Waals surface area contributed by atoms with Crippen molar-refractivity contribution >= 4 is 44.4 Å². The Kier molecular flexibility index (Phi) is 6.46. The normalized spacial score (nSPS) is 11.1. The van der Waals surface area contributed by atoms with E-state index in [1.165, 1.54) is 0 Å². The maximum atomic E-state index is 12.6. The number of rotatable bonds is 6. The number of carbonyl (C=O) groups is 1. The average molecular weight is 435 g/mol. The van der Waals surface area contributed by atoms with E-state index in [1.807, 2.05) is 61.5 Å². The fourth-order valence-electron chi connectivity index (χ4n) is 2.79. The van der Waals surface area contributed by atoms with E-state index in [1.54, 1.807) is 18.2 Å². The van der Waals surface area contributed by atoms with E-state index in [-0.39, 0.29) is 5.57 Å². The van der Waals surface area contributed by atoms with Gasteiger partial charge in [-0.2, -0.15) is 5.26 Å². The van der Waals surface area contributed by atoms with Gasteiger partial charge in [0.2, 0.25) is 0 Å². The first-order valence-electron chi connectivity index (χ1n) is 8.95. The number of ether oxygens (including phenoxy) is 1. The predicted molar refractivity (Wildman–Crippen MR) is 116 cm³/mol. The van der Waals surface area contributed by atoms with Crippen molar-refractivity contribution in [3.8, 4) is 11.8 Å². The summed E-state index contributed by atoms with van der Waals surface area (Å²) in [5.41, 5.74) is 1.37. The molecule has 1 N–H and O–H groups in total. The van der Waals surface area contributed by atoms with Crippen LogP contribution in [0.15, 0.2) is 70.7 Å². The Morgan fingerprint density at radius 3 is 2.61 bits per heavy atom. The molecule has 140 valence electrons.